The largest absolute Gasteiger partial charge is 0.342 e. The van der Waals surface area contributed by atoms with Gasteiger partial charge in [0.1, 0.15) is 29.8 Å². The number of nitrogens with zero attached hydrogens (tertiary/aromatic N) is 1. The van der Waals surface area contributed by atoms with Crippen LogP contribution in [0.1, 0.15) is 41.5 Å². The third-order valence-electron chi connectivity index (χ3n) is 4.43. The first kappa shape index (κ1) is 16.3. The molecule has 0 spiro atoms. The molecule has 3 fully saturated rings. The quantitative estimate of drug-likeness (QED) is 0.728. The SMILES string of the molecule is CC1(C)O[C@@H]2[C@H](O1)[C@H]1OC(C)(C)O[C@H]1O[C@@H]2[C@@H]1N=CC(C)(C)S1. The lowest BCUT2D eigenvalue weighted by Crippen LogP contribution is -2.57. The molecule has 0 amide bonds. The maximum Gasteiger partial charge on any atom is 0.190 e. The van der Waals surface area contributed by atoms with Crippen LogP contribution in [0.5, 0.6) is 0 Å². The second-order valence-corrected chi connectivity index (χ2v) is 9.79. The minimum absolute atomic E-state index is 0.00164. The van der Waals surface area contributed by atoms with Crippen molar-refractivity contribution in [2.75, 3.05) is 0 Å². The summed E-state index contributed by atoms with van der Waals surface area (Å²) in [7, 11) is 0. The monoisotopic (exact) mass is 343 g/mol. The number of aliphatic imine (C=N–C) groups is 1. The number of hydrogen-bond acceptors (Lipinski definition) is 7. The molecule has 0 aliphatic carbocycles. The van der Waals surface area contributed by atoms with Crippen LogP contribution in [0.2, 0.25) is 0 Å². The highest BCUT2D eigenvalue weighted by atomic mass is 32.2. The first-order valence-electron chi connectivity index (χ1n) is 8.14. The van der Waals surface area contributed by atoms with Gasteiger partial charge in [-0.3, -0.25) is 4.99 Å². The van der Waals surface area contributed by atoms with Gasteiger partial charge in [-0.2, -0.15) is 0 Å². The molecule has 4 aliphatic heterocycles. The minimum atomic E-state index is -0.684. The summed E-state index contributed by atoms with van der Waals surface area (Å²) in [6.45, 7) is 11.9. The Morgan fingerprint density at radius 1 is 0.783 bits per heavy atom. The molecule has 0 radical (unpaired) electrons. The molecule has 23 heavy (non-hydrogen) atoms. The van der Waals surface area contributed by atoms with Crippen LogP contribution in [0.4, 0.5) is 0 Å². The van der Waals surface area contributed by atoms with Crippen molar-refractivity contribution < 1.29 is 23.7 Å². The lowest BCUT2D eigenvalue weighted by Gasteiger charge is -2.39. The highest BCUT2D eigenvalue weighted by Crippen LogP contribution is 2.48. The molecular formula is C16H25NO5S. The third kappa shape index (κ3) is 2.85. The predicted octanol–water partition coefficient (Wildman–Crippen LogP) is 2.31. The zero-order valence-electron chi connectivity index (χ0n) is 14.4. The molecule has 0 saturated carbocycles. The van der Waals surface area contributed by atoms with E-state index in [4.69, 9.17) is 23.7 Å². The van der Waals surface area contributed by atoms with E-state index in [-0.39, 0.29) is 34.5 Å². The molecular weight excluding hydrogens is 318 g/mol. The molecule has 3 saturated heterocycles. The molecule has 0 aromatic heterocycles. The van der Waals surface area contributed by atoms with Gasteiger partial charge in [0.2, 0.25) is 0 Å². The molecule has 0 aromatic carbocycles. The van der Waals surface area contributed by atoms with Crippen molar-refractivity contribution >= 4 is 18.0 Å². The van der Waals surface area contributed by atoms with Crippen LogP contribution < -0.4 is 0 Å². The second kappa shape index (κ2) is 4.93. The molecule has 0 N–H and O–H groups in total. The molecule has 4 aliphatic rings. The Bertz CT molecular complexity index is 535. The first-order valence-corrected chi connectivity index (χ1v) is 9.02. The molecule has 6 nitrogen and oxygen atoms in total. The fourth-order valence-corrected chi connectivity index (χ4v) is 4.87. The predicted molar refractivity (Wildman–Crippen MR) is 86.5 cm³/mol. The van der Waals surface area contributed by atoms with Crippen molar-refractivity contribution in [1.29, 1.82) is 0 Å². The standard InChI is InChI=1S/C16H25NO5S/c1-14(2)7-17-12(23-14)10-8-9(20-15(3,4)19-8)11-13(18-10)22-16(5,6)21-11/h7-13H,1-6H3/t8-,9+,10+,11-,12-,13-/m1/s1. The maximum absolute atomic E-state index is 6.24. The van der Waals surface area contributed by atoms with Crippen LogP contribution >= 0.6 is 11.8 Å². The smallest absolute Gasteiger partial charge is 0.190 e. The van der Waals surface area contributed by atoms with E-state index in [1.54, 1.807) is 11.8 Å². The molecule has 0 bridgehead atoms. The zero-order chi connectivity index (χ0) is 16.6. The molecule has 130 valence electrons. The van der Waals surface area contributed by atoms with Crippen molar-refractivity contribution in [3.05, 3.63) is 0 Å². The van der Waals surface area contributed by atoms with Gasteiger partial charge in [-0.25, -0.2) is 0 Å². The van der Waals surface area contributed by atoms with Crippen molar-refractivity contribution in [3.8, 4) is 0 Å². The fourth-order valence-electron chi connectivity index (χ4n) is 3.65. The van der Waals surface area contributed by atoms with Crippen LogP contribution in [0, 0.1) is 0 Å². The number of hydrogen-bond donors (Lipinski definition) is 0. The number of rotatable bonds is 1. The van der Waals surface area contributed by atoms with E-state index in [1.807, 2.05) is 33.9 Å². The van der Waals surface area contributed by atoms with Crippen molar-refractivity contribution in [3.63, 3.8) is 0 Å². The van der Waals surface area contributed by atoms with Crippen LogP contribution in [-0.4, -0.2) is 58.6 Å². The summed E-state index contributed by atoms with van der Waals surface area (Å²) in [5.41, 5.74) is 0. The van der Waals surface area contributed by atoms with Gasteiger partial charge < -0.3 is 23.7 Å². The van der Waals surface area contributed by atoms with E-state index >= 15 is 0 Å². The average molecular weight is 343 g/mol. The zero-order valence-corrected chi connectivity index (χ0v) is 15.3. The summed E-state index contributed by atoms with van der Waals surface area (Å²) in [6, 6.07) is 0. The van der Waals surface area contributed by atoms with E-state index in [0.717, 1.165) is 0 Å². The maximum atomic E-state index is 6.24. The van der Waals surface area contributed by atoms with Crippen molar-refractivity contribution in [2.24, 2.45) is 4.99 Å². The Morgan fingerprint density at radius 2 is 1.35 bits per heavy atom. The summed E-state index contributed by atoms with van der Waals surface area (Å²) < 4.78 is 30.5. The Morgan fingerprint density at radius 3 is 1.96 bits per heavy atom. The van der Waals surface area contributed by atoms with Gasteiger partial charge >= 0.3 is 0 Å². The Kier molecular flexibility index (Phi) is 3.49. The molecule has 0 aromatic rings. The summed E-state index contributed by atoms with van der Waals surface area (Å²) in [4.78, 5) is 4.65. The van der Waals surface area contributed by atoms with Gasteiger partial charge in [-0.05, 0) is 41.5 Å². The third-order valence-corrected chi connectivity index (χ3v) is 5.77. The molecule has 7 heteroatoms. The number of thioether (sulfide) groups is 1. The summed E-state index contributed by atoms with van der Waals surface area (Å²) in [5, 5.41) is -0.0248. The number of fused-ring (bicyclic) bond motifs is 3. The van der Waals surface area contributed by atoms with Gasteiger partial charge in [-0.15, -0.1) is 11.8 Å². The second-order valence-electron chi connectivity index (χ2n) is 8.02. The van der Waals surface area contributed by atoms with Crippen molar-refractivity contribution in [1.82, 2.24) is 0 Å². The van der Waals surface area contributed by atoms with E-state index in [2.05, 4.69) is 18.8 Å². The Labute approximate surface area is 141 Å². The lowest BCUT2D eigenvalue weighted by atomic mass is 9.99. The van der Waals surface area contributed by atoms with E-state index < -0.39 is 17.9 Å². The van der Waals surface area contributed by atoms with E-state index in [9.17, 15) is 0 Å². The fraction of sp³-hybridized carbons (Fsp3) is 0.938. The van der Waals surface area contributed by atoms with E-state index in [1.165, 1.54) is 0 Å². The van der Waals surface area contributed by atoms with Crippen LogP contribution in [0.3, 0.4) is 0 Å². The Hall–Kier alpha value is -0.180. The van der Waals surface area contributed by atoms with Gasteiger partial charge in [0, 0.05) is 11.0 Å². The highest BCUT2D eigenvalue weighted by molar-refractivity contribution is 8.02. The van der Waals surface area contributed by atoms with Crippen LogP contribution in [0.25, 0.3) is 0 Å². The van der Waals surface area contributed by atoms with Crippen LogP contribution in [-0.2, 0) is 23.7 Å². The van der Waals surface area contributed by atoms with Gasteiger partial charge in [0.15, 0.2) is 17.9 Å². The summed E-state index contributed by atoms with van der Waals surface area (Å²) in [5.74, 6) is -1.35. The first-order chi connectivity index (χ1) is 10.6. The van der Waals surface area contributed by atoms with E-state index in [0.29, 0.717) is 0 Å². The summed E-state index contributed by atoms with van der Waals surface area (Å²) in [6.07, 6.45) is 0.611. The van der Waals surface area contributed by atoms with Gasteiger partial charge in [-0.1, -0.05) is 0 Å². The molecule has 0 unspecified atom stereocenters. The normalized spacial score (nSPS) is 49.1. The minimum Gasteiger partial charge on any atom is -0.342 e. The lowest BCUT2D eigenvalue weighted by molar-refractivity contribution is -0.233. The van der Waals surface area contributed by atoms with Gasteiger partial charge in [0.25, 0.3) is 0 Å². The van der Waals surface area contributed by atoms with Gasteiger partial charge in [0.05, 0.1) is 0 Å². The molecule has 4 rings (SSSR count). The van der Waals surface area contributed by atoms with Crippen LogP contribution in [0.15, 0.2) is 4.99 Å². The van der Waals surface area contributed by atoms with Crippen molar-refractivity contribution in [2.45, 2.75) is 93.9 Å². The highest BCUT2D eigenvalue weighted by Gasteiger charge is 2.62. The number of ether oxygens (including phenoxy) is 5. The molecule has 4 heterocycles. The Balaban J connectivity index is 1.62. The molecule has 6 atom stereocenters. The summed E-state index contributed by atoms with van der Waals surface area (Å²) >= 11 is 1.78. The topological polar surface area (TPSA) is 58.5 Å². The average Bonchev–Trinajstić information content (AvgIpc) is 2.99.